The predicted octanol–water partition coefficient (Wildman–Crippen LogP) is 2.57. The van der Waals surface area contributed by atoms with E-state index >= 15 is 0 Å². The number of amides is 1. The van der Waals surface area contributed by atoms with Crippen LogP contribution in [0.1, 0.15) is 84.0 Å². The number of rotatable bonds is 14. The Balaban J connectivity index is 0.00000625. The van der Waals surface area contributed by atoms with E-state index in [4.69, 9.17) is 0 Å². The molecule has 1 unspecified atom stereocenters. The maximum Gasteiger partial charge on any atom is 1.00 e. The molecule has 0 saturated heterocycles. The largest absolute Gasteiger partial charge is 1.00 e. The van der Waals surface area contributed by atoms with Crippen molar-refractivity contribution in [2.75, 3.05) is 5.32 Å². The summed E-state index contributed by atoms with van der Waals surface area (Å²) in [7, 11) is 0. The van der Waals surface area contributed by atoms with Crippen LogP contribution in [0.3, 0.4) is 0 Å². The molecular weight excluding hydrogens is 357 g/mol. The number of hydrogen-bond acceptors (Lipinski definition) is 3. The van der Waals surface area contributed by atoms with Crippen LogP contribution in [0.5, 0.6) is 0 Å². The van der Waals surface area contributed by atoms with Crippen molar-refractivity contribution in [1.82, 2.24) is 0 Å². The molecule has 0 bridgehead atoms. The molecule has 1 N–H and O–H groups in total. The Morgan fingerprint density at radius 3 is 2.04 bits per heavy atom. The van der Waals surface area contributed by atoms with Crippen molar-refractivity contribution >= 4 is 22.7 Å². The summed E-state index contributed by atoms with van der Waals surface area (Å²) < 4.78 is 21.8. The molecule has 1 aromatic carbocycles. The topological polar surface area (TPSA) is 69.2 Å². The summed E-state index contributed by atoms with van der Waals surface area (Å²) in [6.45, 7) is 2.24. The van der Waals surface area contributed by atoms with Gasteiger partial charge in [0.15, 0.2) is 0 Å². The van der Waals surface area contributed by atoms with Gasteiger partial charge >= 0.3 is 29.6 Å². The van der Waals surface area contributed by atoms with Crippen LogP contribution in [0.2, 0.25) is 0 Å². The first kappa shape index (κ1) is 25.8. The molecule has 1 aromatic rings. The summed E-state index contributed by atoms with van der Waals surface area (Å²) in [6, 6.07) is 6.31. The number of hydrogen-bond donors (Lipinski definition) is 1. The van der Waals surface area contributed by atoms with Gasteiger partial charge in [-0.25, -0.2) is 0 Å². The fourth-order valence-corrected chi connectivity index (χ4v) is 3.26. The first-order valence-corrected chi connectivity index (χ1v) is 10.7. The van der Waals surface area contributed by atoms with Crippen LogP contribution < -0.4 is 34.9 Å². The molecule has 26 heavy (non-hydrogen) atoms. The Hall–Kier alpha value is -0.200. The van der Waals surface area contributed by atoms with Crippen LogP contribution in [0.4, 0.5) is 5.69 Å². The van der Waals surface area contributed by atoms with Crippen molar-refractivity contribution in [2.45, 2.75) is 88.9 Å². The van der Waals surface area contributed by atoms with Crippen molar-refractivity contribution < 1.29 is 43.1 Å². The molecule has 0 fully saturated rings. The third-order valence-corrected chi connectivity index (χ3v) is 4.96. The summed E-state index contributed by atoms with van der Waals surface area (Å²) >= 11 is -2.27. The maximum absolute atomic E-state index is 11.9. The number of unbranched alkanes of at least 4 members (excludes halogenated alkanes) is 10. The Labute approximate surface area is 183 Å². The third kappa shape index (κ3) is 13.0. The second kappa shape index (κ2) is 16.9. The molecule has 0 spiro atoms. The standard InChI is InChI=1S/C20H33NO3S.Na/c1-2-3-4-5-6-7-8-9-10-11-12-16-20(22)21-18-14-13-15-19(17-18)25(23)24;/h13-15,17H,2-12,16H2,1H3,(H,21,22)(H,23,24);/q;+1/p-1. The number of carbonyl (C=O) groups is 1. The van der Waals surface area contributed by atoms with E-state index in [9.17, 15) is 13.6 Å². The zero-order valence-electron chi connectivity index (χ0n) is 16.4. The molecule has 0 saturated carbocycles. The maximum atomic E-state index is 11.9. The van der Waals surface area contributed by atoms with E-state index in [1.54, 1.807) is 12.1 Å². The normalized spacial score (nSPS) is 11.6. The molecular formula is C20H32NNaO3S. The quantitative estimate of drug-likeness (QED) is 0.302. The molecule has 0 aliphatic heterocycles. The molecule has 1 rings (SSSR count). The second-order valence-electron chi connectivity index (χ2n) is 6.60. The minimum absolute atomic E-state index is 0. The van der Waals surface area contributed by atoms with Gasteiger partial charge in [-0.1, -0.05) is 77.2 Å². The van der Waals surface area contributed by atoms with E-state index in [1.165, 1.54) is 69.9 Å². The summed E-state index contributed by atoms with van der Waals surface area (Å²) in [6.07, 6.45) is 14.3. The summed E-state index contributed by atoms with van der Waals surface area (Å²) in [5.74, 6) is -0.0512. The van der Waals surface area contributed by atoms with E-state index in [2.05, 4.69) is 12.2 Å². The Bertz CT molecular complexity index is 526. The number of anilines is 1. The molecule has 0 aliphatic rings. The van der Waals surface area contributed by atoms with Crippen molar-refractivity contribution in [3.63, 3.8) is 0 Å². The first-order chi connectivity index (χ1) is 12.1. The minimum atomic E-state index is -2.27. The Kier molecular flexibility index (Phi) is 16.8. The molecule has 4 nitrogen and oxygen atoms in total. The SMILES string of the molecule is CCCCCCCCCCCCCC(=O)Nc1cccc(S(=O)[O-])c1.[Na+]. The Morgan fingerprint density at radius 2 is 1.50 bits per heavy atom. The van der Waals surface area contributed by atoms with Crippen LogP contribution in [-0.2, 0) is 15.9 Å². The van der Waals surface area contributed by atoms with Gasteiger partial charge < -0.3 is 9.87 Å². The summed E-state index contributed by atoms with van der Waals surface area (Å²) in [5, 5.41) is 2.76. The zero-order chi connectivity index (χ0) is 18.3. The molecule has 0 aromatic heterocycles. The van der Waals surface area contributed by atoms with Gasteiger partial charge in [0.05, 0.1) is 0 Å². The number of carbonyl (C=O) groups excluding carboxylic acids is 1. The van der Waals surface area contributed by atoms with E-state index in [-0.39, 0.29) is 40.4 Å². The van der Waals surface area contributed by atoms with Crippen molar-refractivity contribution in [3.8, 4) is 0 Å². The van der Waals surface area contributed by atoms with Gasteiger partial charge in [0.1, 0.15) is 0 Å². The molecule has 0 heterocycles. The van der Waals surface area contributed by atoms with Gasteiger partial charge in [-0.05, 0) is 35.7 Å². The molecule has 1 atom stereocenters. The van der Waals surface area contributed by atoms with Crippen molar-refractivity contribution in [1.29, 1.82) is 0 Å². The van der Waals surface area contributed by atoms with Crippen LogP contribution >= 0.6 is 0 Å². The number of benzene rings is 1. The van der Waals surface area contributed by atoms with Gasteiger partial charge in [-0.15, -0.1) is 0 Å². The monoisotopic (exact) mass is 389 g/mol. The van der Waals surface area contributed by atoms with E-state index < -0.39 is 11.1 Å². The fourth-order valence-electron chi connectivity index (χ4n) is 2.85. The van der Waals surface area contributed by atoms with E-state index in [1.807, 2.05) is 0 Å². The van der Waals surface area contributed by atoms with Crippen LogP contribution in [0, 0.1) is 0 Å². The first-order valence-electron chi connectivity index (χ1n) is 9.62. The second-order valence-corrected chi connectivity index (χ2v) is 7.54. The van der Waals surface area contributed by atoms with Gasteiger partial charge in [0.25, 0.3) is 0 Å². The average molecular weight is 390 g/mol. The fraction of sp³-hybridized carbons (Fsp3) is 0.650. The minimum Gasteiger partial charge on any atom is -0.768 e. The molecule has 1 amide bonds. The molecule has 0 aliphatic carbocycles. The van der Waals surface area contributed by atoms with Crippen LogP contribution in [0.25, 0.3) is 0 Å². The van der Waals surface area contributed by atoms with E-state index in [0.29, 0.717) is 12.1 Å². The third-order valence-electron chi connectivity index (χ3n) is 4.32. The molecule has 0 radical (unpaired) electrons. The zero-order valence-corrected chi connectivity index (χ0v) is 19.2. The van der Waals surface area contributed by atoms with Gasteiger partial charge in [-0.2, -0.15) is 0 Å². The van der Waals surface area contributed by atoms with Gasteiger partial charge in [0.2, 0.25) is 5.91 Å². The van der Waals surface area contributed by atoms with Gasteiger partial charge in [0, 0.05) is 17.0 Å². The molecule has 6 heteroatoms. The van der Waals surface area contributed by atoms with Gasteiger partial charge in [-0.3, -0.25) is 9.00 Å². The summed E-state index contributed by atoms with van der Waals surface area (Å²) in [4.78, 5) is 12.1. The number of nitrogens with one attached hydrogen (secondary N) is 1. The Morgan fingerprint density at radius 1 is 0.962 bits per heavy atom. The smallest absolute Gasteiger partial charge is 0.768 e. The van der Waals surface area contributed by atoms with Crippen molar-refractivity contribution in [3.05, 3.63) is 24.3 Å². The average Bonchev–Trinajstić information content (AvgIpc) is 2.60. The predicted molar refractivity (Wildman–Crippen MR) is 103 cm³/mol. The van der Waals surface area contributed by atoms with Crippen LogP contribution in [0.15, 0.2) is 29.2 Å². The summed E-state index contributed by atoms with van der Waals surface area (Å²) in [5.41, 5.74) is 0.537. The molecule has 142 valence electrons. The van der Waals surface area contributed by atoms with Crippen molar-refractivity contribution in [2.24, 2.45) is 0 Å². The van der Waals surface area contributed by atoms with Crippen LogP contribution in [-0.4, -0.2) is 14.7 Å². The van der Waals surface area contributed by atoms with E-state index in [0.717, 1.165) is 12.8 Å².